The number of hydrogen-bond acceptors (Lipinski definition) is 3. The Morgan fingerprint density at radius 3 is 2.82 bits per heavy atom. The molecule has 0 amide bonds. The first-order valence-electron chi connectivity index (χ1n) is 4.04. The van der Waals surface area contributed by atoms with E-state index in [1.165, 1.54) is 7.11 Å². The van der Waals surface area contributed by atoms with E-state index >= 15 is 0 Å². The number of hydrogen-bond donors (Lipinski definition) is 0. The first-order chi connectivity index (χ1) is 5.31. The Labute approximate surface area is 65.7 Å². The van der Waals surface area contributed by atoms with E-state index in [1.54, 1.807) is 0 Å². The molecule has 11 heavy (non-hydrogen) atoms. The van der Waals surface area contributed by atoms with E-state index in [2.05, 4.69) is 4.74 Å². The van der Waals surface area contributed by atoms with Crippen LogP contribution in [0.3, 0.4) is 0 Å². The van der Waals surface area contributed by atoms with Crippen molar-refractivity contribution in [2.24, 2.45) is 5.92 Å². The number of fused-ring (bicyclic) bond motifs is 2. The number of carbonyl (C=O) groups is 1. The molecule has 0 spiro atoms. The van der Waals surface area contributed by atoms with Crippen LogP contribution in [0.5, 0.6) is 0 Å². The summed E-state index contributed by atoms with van der Waals surface area (Å²) in [5.74, 6) is -0.0732. The van der Waals surface area contributed by atoms with Crippen LogP contribution in [-0.2, 0) is 14.3 Å². The quantitative estimate of drug-likeness (QED) is 0.525. The topological polar surface area (TPSA) is 35.5 Å². The molecule has 2 aliphatic heterocycles. The summed E-state index contributed by atoms with van der Waals surface area (Å²) >= 11 is 0. The second-order valence-corrected chi connectivity index (χ2v) is 3.24. The van der Waals surface area contributed by atoms with Gasteiger partial charge in [-0.1, -0.05) is 0 Å². The molecule has 0 radical (unpaired) electrons. The Balaban J connectivity index is 2.02. The summed E-state index contributed by atoms with van der Waals surface area (Å²) in [6, 6.07) is 0. The van der Waals surface area contributed by atoms with Crippen LogP contribution >= 0.6 is 0 Å². The molecule has 3 nitrogen and oxygen atoms in total. The van der Waals surface area contributed by atoms with E-state index in [-0.39, 0.29) is 18.0 Å². The SMILES string of the molecule is COC(=O)[C@H]1C[C@H]2CC[C@@H]1O2. The number of carbonyl (C=O) groups excluding carboxylic acids is 1. The van der Waals surface area contributed by atoms with Crippen molar-refractivity contribution in [1.82, 2.24) is 0 Å². The summed E-state index contributed by atoms with van der Waals surface area (Å²) in [5.41, 5.74) is 0. The van der Waals surface area contributed by atoms with Crippen LogP contribution in [-0.4, -0.2) is 25.3 Å². The first-order valence-corrected chi connectivity index (χ1v) is 4.04. The van der Waals surface area contributed by atoms with Gasteiger partial charge in [-0.2, -0.15) is 0 Å². The molecule has 0 saturated carbocycles. The average Bonchev–Trinajstić information content (AvgIpc) is 2.62. The predicted molar refractivity (Wildman–Crippen MR) is 38.0 cm³/mol. The highest BCUT2D eigenvalue weighted by atomic mass is 16.5. The third-order valence-corrected chi connectivity index (χ3v) is 2.61. The fraction of sp³-hybridized carbons (Fsp3) is 0.875. The Hall–Kier alpha value is -0.570. The molecule has 0 N–H and O–H groups in total. The van der Waals surface area contributed by atoms with E-state index in [9.17, 15) is 4.79 Å². The molecular formula is C8H12O3. The second-order valence-electron chi connectivity index (χ2n) is 3.24. The highest BCUT2D eigenvalue weighted by molar-refractivity contribution is 5.73. The largest absolute Gasteiger partial charge is 0.469 e. The van der Waals surface area contributed by atoms with Crippen molar-refractivity contribution < 1.29 is 14.3 Å². The minimum Gasteiger partial charge on any atom is -0.469 e. The van der Waals surface area contributed by atoms with E-state index in [0.717, 1.165) is 19.3 Å². The van der Waals surface area contributed by atoms with E-state index in [0.29, 0.717) is 6.10 Å². The zero-order valence-electron chi connectivity index (χ0n) is 6.58. The Morgan fingerprint density at radius 1 is 1.55 bits per heavy atom. The molecule has 2 bridgehead atoms. The van der Waals surface area contributed by atoms with Crippen LogP contribution < -0.4 is 0 Å². The summed E-state index contributed by atoms with van der Waals surface area (Å²) < 4.78 is 10.2. The molecule has 0 aliphatic carbocycles. The zero-order valence-corrected chi connectivity index (χ0v) is 6.58. The van der Waals surface area contributed by atoms with Crippen LogP contribution in [0.4, 0.5) is 0 Å². The van der Waals surface area contributed by atoms with Gasteiger partial charge in [-0.05, 0) is 19.3 Å². The van der Waals surface area contributed by atoms with Crippen LogP contribution in [0.25, 0.3) is 0 Å². The van der Waals surface area contributed by atoms with Crippen molar-refractivity contribution in [2.75, 3.05) is 7.11 Å². The molecule has 62 valence electrons. The van der Waals surface area contributed by atoms with Gasteiger partial charge in [-0.15, -0.1) is 0 Å². The van der Waals surface area contributed by atoms with Gasteiger partial charge in [-0.25, -0.2) is 0 Å². The van der Waals surface area contributed by atoms with Crippen molar-refractivity contribution in [1.29, 1.82) is 0 Å². The molecule has 3 heteroatoms. The maximum Gasteiger partial charge on any atom is 0.311 e. The van der Waals surface area contributed by atoms with Crippen LogP contribution in [0, 0.1) is 5.92 Å². The molecule has 2 saturated heterocycles. The van der Waals surface area contributed by atoms with Gasteiger partial charge in [-0.3, -0.25) is 4.79 Å². The van der Waals surface area contributed by atoms with Gasteiger partial charge >= 0.3 is 5.97 Å². The maximum atomic E-state index is 11.1. The molecule has 3 atom stereocenters. The van der Waals surface area contributed by atoms with Gasteiger partial charge in [0.25, 0.3) is 0 Å². The summed E-state index contributed by atoms with van der Waals surface area (Å²) in [4.78, 5) is 11.1. The van der Waals surface area contributed by atoms with Gasteiger partial charge in [0.2, 0.25) is 0 Å². The van der Waals surface area contributed by atoms with Crippen LogP contribution in [0.1, 0.15) is 19.3 Å². The molecule has 0 aromatic heterocycles. The summed E-state index contributed by atoms with van der Waals surface area (Å²) in [6.45, 7) is 0. The second kappa shape index (κ2) is 2.48. The lowest BCUT2D eigenvalue weighted by atomic mass is 9.89. The molecule has 2 heterocycles. The monoisotopic (exact) mass is 156 g/mol. The fourth-order valence-electron chi connectivity index (χ4n) is 2.04. The molecule has 0 aromatic carbocycles. The first kappa shape index (κ1) is 7.10. The number of esters is 1. The lowest BCUT2D eigenvalue weighted by Crippen LogP contribution is -2.26. The third-order valence-electron chi connectivity index (χ3n) is 2.61. The fourth-order valence-corrected chi connectivity index (χ4v) is 2.04. The minimum atomic E-state index is -0.0998. The molecule has 2 aliphatic rings. The van der Waals surface area contributed by atoms with Gasteiger partial charge in [0.05, 0.1) is 25.2 Å². The highest BCUT2D eigenvalue weighted by Crippen LogP contribution is 2.39. The summed E-state index contributed by atoms with van der Waals surface area (Å²) in [6.07, 6.45) is 3.52. The Kier molecular flexibility index (Phi) is 1.60. The van der Waals surface area contributed by atoms with Crippen molar-refractivity contribution in [2.45, 2.75) is 31.5 Å². The smallest absolute Gasteiger partial charge is 0.311 e. The van der Waals surface area contributed by atoms with E-state index < -0.39 is 0 Å². The van der Waals surface area contributed by atoms with Crippen molar-refractivity contribution in [3.63, 3.8) is 0 Å². The standard InChI is InChI=1S/C8H12O3/c1-10-8(9)6-4-5-2-3-7(6)11-5/h5-7H,2-4H2,1H3/t5-,6+,7+/m1/s1. The summed E-state index contributed by atoms with van der Waals surface area (Å²) in [5, 5.41) is 0. The zero-order chi connectivity index (χ0) is 7.84. The van der Waals surface area contributed by atoms with Crippen molar-refractivity contribution in [3.05, 3.63) is 0 Å². The maximum absolute atomic E-state index is 11.1. The highest BCUT2D eigenvalue weighted by Gasteiger charge is 2.44. The van der Waals surface area contributed by atoms with Gasteiger partial charge < -0.3 is 9.47 Å². The molecule has 0 aromatic rings. The lowest BCUT2D eigenvalue weighted by Gasteiger charge is -2.14. The van der Waals surface area contributed by atoms with Gasteiger partial charge in [0.1, 0.15) is 0 Å². The van der Waals surface area contributed by atoms with Crippen LogP contribution in [0.2, 0.25) is 0 Å². The number of ether oxygens (including phenoxy) is 2. The van der Waals surface area contributed by atoms with E-state index in [1.807, 2.05) is 0 Å². The minimum absolute atomic E-state index is 0.0266. The van der Waals surface area contributed by atoms with Crippen LogP contribution in [0.15, 0.2) is 0 Å². The average molecular weight is 156 g/mol. The molecule has 2 fully saturated rings. The molecular weight excluding hydrogens is 144 g/mol. The van der Waals surface area contributed by atoms with Crippen molar-refractivity contribution >= 4 is 5.97 Å². The molecule has 2 rings (SSSR count). The number of rotatable bonds is 1. The predicted octanol–water partition coefficient (Wildman–Crippen LogP) is 0.727. The van der Waals surface area contributed by atoms with Gasteiger partial charge in [0.15, 0.2) is 0 Å². The Bertz CT molecular complexity index is 178. The number of methoxy groups -OCH3 is 1. The normalized spacial score (nSPS) is 41.0. The molecule has 0 unspecified atom stereocenters. The lowest BCUT2D eigenvalue weighted by molar-refractivity contribution is -0.147. The van der Waals surface area contributed by atoms with Crippen molar-refractivity contribution in [3.8, 4) is 0 Å². The third kappa shape index (κ3) is 1.03. The van der Waals surface area contributed by atoms with E-state index in [4.69, 9.17) is 4.74 Å². The van der Waals surface area contributed by atoms with Gasteiger partial charge in [0, 0.05) is 0 Å². The Morgan fingerprint density at radius 2 is 2.36 bits per heavy atom. The summed E-state index contributed by atoms with van der Waals surface area (Å²) in [7, 11) is 1.44.